The lowest BCUT2D eigenvalue weighted by molar-refractivity contribution is 0.0971. The third-order valence-corrected chi connectivity index (χ3v) is 1.75. The summed E-state index contributed by atoms with van der Waals surface area (Å²) in [5.74, 6) is -2.73. The van der Waals surface area contributed by atoms with Gasteiger partial charge in [-0.15, -0.1) is 0 Å². The van der Waals surface area contributed by atoms with Crippen LogP contribution in [0.15, 0.2) is 0 Å². The predicted octanol–water partition coefficient (Wildman–Crippen LogP) is -1.11. The highest BCUT2D eigenvalue weighted by atomic mass is 19.1. The van der Waals surface area contributed by atoms with Crippen LogP contribution in [0.1, 0.15) is 10.5 Å². The maximum Gasteiger partial charge on any atom is 0.280 e. The smallest absolute Gasteiger partial charge is 0.280 e. The van der Waals surface area contributed by atoms with Gasteiger partial charge in [0, 0.05) is 14.1 Å². The molecule has 0 atom stereocenters. The van der Waals surface area contributed by atoms with Crippen molar-refractivity contribution in [2.24, 2.45) is 5.73 Å². The molecule has 1 aromatic rings. The molecule has 17 heavy (non-hydrogen) atoms. The first-order chi connectivity index (χ1) is 7.82. The van der Waals surface area contributed by atoms with Crippen molar-refractivity contribution in [1.29, 1.82) is 5.41 Å². The monoisotopic (exact) mass is 241 g/mol. The number of carbonyl (C=O) groups excluding carboxylic acids is 1. The molecule has 0 aliphatic carbocycles. The molecule has 6 N–H and O–H groups in total. The molecule has 0 radical (unpaired) electrons. The minimum atomic E-state index is -0.932. The summed E-state index contributed by atoms with van der Waals surface area (Å²) in [5, 5.41) is 8.80. The lowest BCUT2D eigenvalue weighted by atomic mass is 10.3. The van der Waals surface area contributed by atoms with Crippen LogP contribution in [-0.2, 0) is 0 Å². The van der Waals surface area contributed by atoms with E-state index in [1.807, 2.05) is 5.32 Å². The van der Waals surface area contributed by atoms with Crippen LogP contribution in [0.3, 0.4) is 0 Å². The molecular formula is C8H12FN7O. The van der Waals surface area contributed by atoms with Crippen LogP contribution in [-0.4, -0.2) is 35.9 Å². The van der Waals surface area contributed by atoms with Gasteiger partial charge in [0.2, 0.25) is 0 Å². The van der Waals surface area contributed by atoms with Gasteiger partial charge in [-0.25, -0.2) is 9.97 Å². The van der Waals surface area contributed by atoms with Crippen molar-refractivity contribution >= 4 is 23.5 Å². The number of halogens is 1. The van der Waals surface area contributed by atoms with Crippen LogP contribution >= 0.6 is 0 Å². The largest absolute Gasteiger partial charge is 0.382 e. The van der Waals surface area contributed by atoms with Gasteiger partial charge in [0.1, 0.15) is 0 Å². The number of guanidine groups is 1. The second-order valence-corrected chi connectivity index (χ2v) is 3.33. The van der Waals surface area contributed by atoms with Gasteiger partial charge < -0.3 is 16.4 Å². The summed E-state index contributed by atoms with van der Waals surface area (Å²) in [4.78, 5) is 19.9. The lowest BCUT2D eigenvalue weighted by Crippen LogP contribution is -2.37. The van der Waals surface area contributed by atoms with E-state index in [-0.39, 0.29) is 11.6 Å². The number of aromatic nitrogens is 2. The number of amides is 1. The molecule has 92 valence electrons. The van der Waals surface area contributed by atoms with Crippen LogP contribution in [0.4, 0.5) is 16.0 Å². The SMILES string of the molecule is CN(C)c1nc(N)c(C(=O)NC(=N)N)nc1F. The quantitative estimate of drug-likeness (QED) is 0.383. The Kier molecular flexibility index (Phi) is 3.41. The Balaban J connectivity index is 3.15. The van der Waals surface area contributed by atoms with Gasteiger partial charge in [-0.2, -0.15) is 4.39 Å². The van der Waals surface area contributed by atoms with Gasteiger partial charge in [-0.3, -0.25) is 15.5 Å². The summed E-state index contributed by atoms with van der Waals surface area (Å²) in [6, 6.07) is 0. The summed E-state index contributed by atoms with van der Waals surface area (Å²) in [6.07, 6.45) is 0. The third-order valence-electron chi connectivity index (χ3n) is 1.75. The van der Waals surface area contributed by atoms with E-state index in [1.165, 1.54) is 4.90 Å². The molecule has 0 saturated heterocycles. The highest BCUT2D eigenvalue weighted by Crippen LogP contribution is 2.16. The Morgan fingerprint density at radius 2 is 2.06 bits per heavy atom. The fourth-order valence-electron chi connectivity index (χ4n) is 1.05. The minimum absolute atomic E-state index is 0.0816. The normalized spacial score (nSPS) is 9.82. The highest BCUT2D eigenvalue weighted by Gasteiger charge is 2.18. The zero-order chi connectivity index (χ0) is 13.2. The Labute approximate surface area is 96.3 Å². The number of hydrogen-bond acceptors (Lipinski definition) is 6. The number of nitrogens with one attached hydrogen (secondary N) is 2. The van der Waals surface area contributed by atoms with E-state index in [0.29, 0.717) is 0 Å². The van der Waals surface area contributed by atoms with E-state index in [2.05, 4.69) is 9.97 Å². The van der Waals surface area contributed by atoms with Crippen LogP contribution in [0.2, 0.25) is 0 Å². The molecule has 0 saturated carbocycles. The second-order valence-electron chi connectivity index (χ2n) is 3.33. The summed E-state index contributed by atoms with van der Waals surface area (Å²) < 4.78 is 13.4. The Morgan fingerprint density at radius 3 is 2.53 bits per heavy atom. The van der Waals surface area contributed by atoms with Gasteiger partial charge in [0.15, 0.2) is 23.3 Å². The summed E-state index contributed by atoms with van der Waals surface area (Å²) in [6.45, 7) is 0. The lowest BCUT2D eigenvalue weighted by Gasteiger charge is -2.13. The number of nitrogens with two attached hydrogens (primary N) is 2. The summed E-state index contributed by atoms with van der Waals surface area (Å²) in [5.41, 5.74) is 10.0. The summed E-state index contributed by atoms with van der Waals surface area (Å²) in [7, 11) is 3.11. The Bertz CT molecular complexity index is 473. The van der Waals surface area contributed by atoms with Gasteiger partial charge in [-0.1, -0.05) is 0 Å². The standard InChI is InChI=1S/C8H12FN7O/c1-16(2)6-4(9)13-3(5(10)14-6)7(17)15-8(11)12/h1-2H3,(H2,10,14)(H4,11,12,15,17). The molecule has 0 fully saturated rings. The Hall–Kier alpha value is -2.45. The number of carbonyl (C=O) groups is 1. The zero-order valence-electron chi connectivity index (χ0n) is 9.28. The molecule has 9 heteroatoms. The molecular weight excluding hydrogens is 229 g/mol. The molecule has 0 spiro atoms. The number of anilines is 2. The first-order valence-electron chi connectivity index (χ1n) is 4.48. The fraction of sp³-hybridized carbons (Fsp3) is 0.250. The fourth-order valence-corrected chi connectivity index (χ4v) is 1.05. The number of rotatable bonds is 2. The van der Waals surface area contributed by atoms with Crippen molar-refractivity contribution in [2.75, 3.05) is 24.7 Å². The van der Waals surface area contributed by atoms with Crippen molar-refractivity contribution < 1.29 is 9.18 Å². The first kappa shape index (κ1) is 12.6. The summed E-state index contributed by atoms with van der Waals surface area (Å²) >= 11 is 0. The van der Waals surface area contributed by atoms with Gasteiger partial charge in [-0.05, 0) is 0 Å². The minimum Gasteiger partial charge on any atom is -0.382 e. The average Bonchev–Trinajstić information content (AvgIpc) is 2.19. The molecule has 0 aromatic carbocycles. The highest BCUT2D eigenvalue weighted by molar-refractivity contribution is 6.05. The van der Waals surface area contributed by atoms with Crippen molar-refractivity contribution in [1.82, 2.24) is 15.3 Å². The first-order valence-corrected chi connectivity index (χ1v) is 4.48. The Morgan fingerprint density at radius 1 is 1.47 bits per heavy atom. The van der Waals surface area contributed by atoms with Crippen molar-refractivity contribution in [3.8, 4) is 0 Å². The van der Waals surface area contributed by atoms with Crippen molar-refractivity contribution in [2.45, 2.75) is 0 Å². The molecule has 0 unspecified atom stereocenters. The van der Waals surface area contributed by atoms with Gasteiger partial charge in [0.25, 0.3) is 11.9 Å². The predicted molar refractivity (Wildman–Crippen MR) is 60.1 cm³/mol. The van der Waals surface area contributed by atoms with Gasteiger partial charge >= 0.3 is 0 Å². The van der Waals surface area contributed by atoms with E-state index < -0.39 is 23.5 Å². The number of nitrogen functional groups attached to an aromatic ring is 1. The molecule has 0 aliphatic heterocycles. The molecule has 1 heterocycles. The number of hydrogen-bond donors (Lipinski definition) is 4. The molecule has 0 bridgehead atoms. The van der Waals surface area contributed by atoms with Crippen molar-refractivity contribution in [3.05, 3.63) is 11.6 Å². The molecule has 1 aromatic heterocycles. The zero-order valence-corrected chi connectivity index (χ0v) is 9.28. The molecule has 0 aliphatic rings. The van der Waals surface area contributed by atoms with E-state index >= 15 is 0 Å². The third kappa shape index (κ3) is 2.77. The van der Waals surface area contributed by atoms with E-state index in [1.54, 1.807) is 14.1 Å². The van der Waals surface area contributed by atoms with Gasteiger partial charge in [0.05, 0.1) is 0 Å². The topological polar surface area (TPSA) is 134 Å². The maximum atomic E-state index is 13.4. The average molecular weight is 241 g/mol. The van der Waals surface area contributed by atoms with Crippen LogP contribution < -0.4 is 21.7 Å². The maximum absolute atomic E-state index is 13.4. The van der Waals surface area contributed by atoms with Crippen LogP contribution in [0, 0.1) is 11.4 Å². The molecule has 8 nitrogen and oxygen atoms in total. The van der Waals surface area contributed by atoms with E-state index in [9.17, 15) is 9.18 Å². The molecule has 1 rings (SSSR count). The van der Waals surface area contributed by atoms with Crippen LogP contribution in [0.25, 0.3) is 0 Å². The second kappa shape index (κ2) is 4.60. The van der Waals surface area contributed by atoms with E-state index in [4.69, 9.17) is 16.9 Å². The van der Waals surface area contributed by atoms with Crippen molar-refractivity contribution in [3.63, 3.8) is 0 Å². The molecule has 1 amide bonds. The van der Waals surface area contributed by atoms with Crippen LogP contribution in [0.5, 0.6) is 0 Å². The number of nitrogens with zero attached hydrogens (tertiary/aromatic N) is 3. The van der Waals surface area contributed by atoms with E-state index in [0.717, 1.165) is 0 Å².